The van der Waals surface area contributed by atoms with Crippen LogP contribution in [-0.4, -0.2) is 21.5 Å². The summed E-state index contributed by atoms with van der Waals surface area (Å²) in [4.78, 5) is 0. The Morgan fingerprint density at radius 1 is 1.56 bits per heavy atom. The number of rotatable bonds is 4. The zero-order valence-electron chi connectivity index (χ0n) is 10.1. The third-order valence-corrected chi connectivity index (χ3v) is 4.25. The van der Waals surface area contributed by atoms with E-state index in [1.54, 1.807) is 4.68 Å². The lowest BCUT2D eigenvalue weighted by Crippen LogP contribution is -2.27. The average molecular weight is 243 g/mol. The van der Waals surface area contributed by atoms with Crippen molar-refractivity contribution in [2.75, 3.05) is 6.61 Å². The molecule has 90 valence electrons. The second-order valence-electron chi connectivity index (χ2n) is 5.24. The molecule has 0 aromatic carbocycles. The molecule has 0 bridgehead atoms. The van der Waals surface area contributed by atoms with Crippen LogP contribution < -0.4 is 0 Å². The maximum atomic E-state index is 9.58. The lowest BCUT2D eigenvalue weighted by molar-refractivity contribution is 0.119. The number of hydrogen-bond donors (Lipinski definition) is 1. The zero-order chi connectivity index (χ0) is 11.9. The van der Waals surface area contributed by atoms with Crippen molar-refractivity contribution in [3.8, 4) is 0 Å². The number of hydrogen-bond acceptors (Lipinski definition) is 2. The van der Waals surface area contributed by atoms with Crippen LogP contribution in [0.15, 0.2) is 0 Å². The van der Waals surface area contributed by atoms with Crippen molar-refractivity contribution in [1.82, 2.24) is 9.78 Å². The molecule has 1 atom stereocenters. The molecule has 1 fully saturated rings. The molecular formula is C12H19ClN2O. The van der Waals surface area contributed by atoms with Gasteiger partial charge in [0.1, 0.15) is 5.15 Å². The van der Waals surface area contributed by atoms with E-state index in [2.05, 4.69) is 12.0 Å². The maximum Gasteiger partial charge on any atom is 0.130 e. The Morgan fingerprint density at radius 2 is 2.19 bits per heavy atom. The van der Waals surface area contributed by atoms with Crippen molar-refractivity contribution in [2.24, 2.45) is 18.4 Å². The van der Waals surface area contributed by atoms with Gasteiger partial charge in [0.25, 0.3) is 0 Å². The molecule has 0 aliphatic heterocycles. The predicted octanol–water partition coefficient (Wildman–Crippen LogP) is 2.33. The Hall–Kier alpha value is -0.540. The van der Waals surface area contributed by atoms with E-state index in [9.17, 15) is 5.11 Å². The summed E-state index contributed by atoms with van der Waals surface area (Å²) in [6.07, 6.45) is 3.29. The number of halogens is 1. The van der Waals surface area contributed by atoms with Gasteiger partial charge in [0.2, 0.25) is 0 Å². The number of aliphatic hydroxyl groups excluding tert-OH is 1. The molecule has 4 heteroatoms. The summed E-state index contributed by atoms with van der Waals surface area (Å²) in [6, 6.07) is 0. The summed E-state index contributed by atoms with van der Waals surface area (Å²) < 4.78 is 1.71. The van der Waals surface area contributed by atoms with Crippen LogP contribution in [0.5, 0.6) is 0 Å². The van der Waals surface area contributed by atoms with Crippen LogP contribution >= 0.6 is 11.6 Å². The molecule has 1 unspecified atom stereocenters. The SMILES string of the molecule is Cc1nn(C)c(Cl)c1CC(C)(CO)C1CC1. The standard InChI is InChI=1S/C12H19ClN2O/c1-8-10(11(13)15(3)14-8)6-12(2,7-16)9-4-5-9/h9,16H,4-7H2,1-3H3. The first-order chi connectivity index (χ1) is 7.48. The van der Waals surface area contributed by atoms with Gasteiger partial charge < -0.3 is 5.11 Å². The van der Waals surface area contributed by atoms with E-state index in [0.29, 0.717) is 11.1 Å². The summed E-state index contributed by atoms with van der Waals surface area (Å²) in [5.41, 5.74) is 2.04. The largest absolute Gasteiger partial charge is 0.396 e. The predicted molar refractivity (Wildman–Crippen MR) is 64.6 cm³/mol. The van der Waals surface area contributed by atoms with Gasteiger partial charge in [-0.2, -0.15) is 5.10 Å². The Bertz CT molecular complexity index is 398. The fourth-order valence-corrected chi connectivity index (χ4v) is 2.63. The van der Waals surface area contributed by atoms with E-state index in [1.165, 1.54) is 12.8 Å². The Balaban J connectivity index is 2.25. The monoisotopic (exact) mass is 242 g/mol. The highest BCUT2D eigenvalue weighted by atomic mass is 35.5. The Morgan fingerprint density at radius 3 is 2.56 bits per heavy atom. The first-order valence-electron chi connectivity index (χ1n) is 5.77. The fraction of sp³-hybridized carbons (Fsp3) is 0.750. The first-order valence-corrected chi connectivity index (χ1v) is 6.14. The highest BCUT2D eigenvalue weighted by Crippen LogP contribution is 2.47. The Kier molecular flexibility index (Phi) is 3.01. The van der Waals surface area contributed by atoms with Crippen LogP contribution in [0.3, 0.4) is 0 Å². The van der Waals surface area contributed by atoms with Crippen molar-refractivity contribution in [3.63, 3.8) is 0 Å². The molecule has 0 spiro atoms. The smallest absolute Gasteiger partial charge is 0.130 e. The third kappa shape index (κ3) is 1.98. The van der Waals surface area contributed by atoms with Crippen molar-refractivity contribution in [2.45, 2.75) is 33.1 Å². The Labute approximate surface area is 101 Å². The molecule has 1 aliphatic rings. The fourth-order valence-electron chi connectivity index (χ4n) is 2.39. The van der Waals surface area contributed by atoms with E-state index in [1.807, 2.05) is 14.0 Å². The van der Waals surface area contributed by atoms with Crippen LogP contribution in [0.4, 0.5) is 0 Å². The normalized spacial score (nSPS) is 19.8. The molecule has 0 saturated heterocycles. The molecule has 3 nitrogen and oxygen atoms in total. The van der Waals surface area contributed by atoms with Gasteiger partial charge in [0.05, 0.1) is 5.69 Å². The van der Waals surface area contributed by atoms with Gasteiger partial charge >= 0.3 is 0 Å². The van der Waals surface area contributed by atoms with Crippen LogP contribution in [0, 0.1) is 18.3 Å². The van der Waals surface area contributed by atoms with E-state index < -0.39 is 0 Å². The summed E-state index contributed by atoms with van der Waals surface area (Å²) >= 11 is 6.22. The summed E-state index contributed by atoms with van der Waals surface area (Å²) in [7, 11) is 1.85. The molecule has 1 N–H and O–H groups in total. The van der Waals surface area contributed by atoms with Gasteiger partial charge in [-0.1, -0.05) is 18.5 Å². The molecule has 2 rings (SSSR count). The first kappa shape index (κ1) is 11.9. The molecule has 1 aromatic heterocycles. The van der Waals surface area contributed by atoms with Crippen molar-refractivity contribution < 1.29 is 5.11 Å². The zero-order valence-corrected chi connectivity index (χ0v) is 10.9. The van der Waals surface area contributed by atoms with Crippen LogP contribution in [-0.2, 0) is 13.5 Å². The molecule has 0 radical (unpaired) electrons. The van der Waals surface area contributed by atoms with Gasteiger partial charge in [-0.15, -0.1) is 0 Å². The van der Waals surface area contributed by atoms with E-state index >= 15 is 0 Å². The molecule has 1 heterocycles. The van der Waals surface area contributed by atoms with E-state index in [0.717, 1.165) is 17.7 Å². The average Bonchev–Trinajstić information content (AvgIpc) is 3.05. The van der Waals surface area contributed by atoms with Crippen LogP contribution in [0.1, 0.15) is 31.0 Å². The number of aryl methyl sites for hydroxylation is 2. The molecule has 16 heavy (non-hydrogen) atoms. The van der Waals surface area contributed by atoms with Gasteiger partial charge in [0.15, 0.2) is 0 Å². The quantitative estimate of drug-likeness (QED) is 0.880. The van der Waals surface area contributed by atoms with Crippen molar-refractivity contribution in [1.29, 1.82) is 0 Å². The minimum absolute atomic E-state index is 0.0303. The molecular weight excluding hydrogens is 224 g/mol. The molecule has 1 aromatic rings. The van der Waals surface area contributed by atoms with Crippen LogP contribution in [0.2, 0.25) is 5.15 Å². The number of nitrogens with zero attached hydrogens (tertiary/aromatic N) is 2. The maximum absolute atomic E-state index is 9.58. The minimum Gasteiger partial charge on any atom is -0.396 e. The summed E-state index contributed by atoms with van der Waals surface area (Å²) in [5.74, 6) is 0.646. The van der Waals surface area contributed by atoms with E-state index in [4.69, 9.17) is 11.6 Å². The highest BCUT2D eigenvalue weighted by molar-refractivity contribution is 6.30. The van der Waals surface area contributed by atoms with Gasteiger partial charge in [-0.25, -0.2) is 0 Å². The molecule has 1 aliphatic carbocycles. The number of aromatic nitrogens is 2. The highest BCUT2D eigenvalue weighted by Gasteiger charge is 2.41. The minimum atomic E-state index is -0.0303. The summed E-state index contributed by atoms with van der Waals surface area (Å²) in [5, 5.41) is 14.6. The van der Waals surface area contributed by atoms with E-state index in [-0.39, 0.29) is 12.0 Å². The molecule has 1 saturated carbocycles. The van der Waals surface area contributed by atoms with Gasteiger partial charge in [-0.3, -0.25) is 4.68 Å². The van der Waals surface area contributed by atoms with Crippen LogP contribution in [0.25, 0.3) is 0 Å². The lowest BCUT2D eigenvalue weighted by atomic mass is 9.80. The second-order valence-corrected chi connectivity index (χ2v) is 5.60. The van der Waals surface area contributed by atoms with Crippen molar-refractivity contribution in [3.05, 3.63) is 16.4 Å². The number of aliphatic hydroxyl groups is 1. The topological polar surface area (TPSA) is 38.0 Å². The molecule has 0 amide bonds. The summed E-state index contributed by atoms with van der Waals surface area (Å²) in [6.45, 7) is 4.35. The van der Waals surface area contributed by atoms with Gasteiger partial charge in [-0.05, 0) is 37.5 Å². The van der Waals surface area contributed by atoms with Gasteiger partial charge in [0, 0.05) is 19.2 Å². The van der Waals surface area contributed by atoms with Crippen molar-refractivity contribution >= 4 is 11.6 Å². The third-order valence-electron chi connectivity index (χ3n) is 3.77. The second kappa shape index (κ2) is 4.04. The lowest BCUT2D eigenvalue weighted by Gasteiger charge is -2.27.